The van der Waals surface area contributed by atoms with Gasteiger partial charge in [-0.1, -0.05) is 0 Å². The number of nitrogens with zero attached hydrogens (tertiary/aromatic N) is 3. The Bertz CT molecular complexity index is 531. The first-order valence-electron chi connectivity index (χ1n) is 8.87. The Morgan fingerprint density at radius 3 is 2.64 bits per heavy atom. The third-order valence-electron chi connectivity index (χ3n) is 4.17. The van der Waals surface area contributed by atoms with Gasteiger partial charge in [-0.3, -0.25) is 9.89 Å². The summed E-state index contributed by atoms with van der Waals surface area (Å²) in [6, 6.07) is 0.441. The molecule has 0 radical (unpaired) electrons. The minimum Gasteiger partial charge on any atom is -0.379 e. The van der Waals surface area contributed by atoms with Crippen LogP contribution in [0.4, 0.5) is 0 Å². The quantitative estimate of drug-likeness (QED) is 0.355. The largest absolute Gasteiger partial charge is 0.379 e. The molecule has 1 aliphatic heterocycles. The average Bonchev–Trinajstić information content (AvgIpc) is 2.90. The second kappa shape index (κ2) is 12.0. The summed E-state index contributed by atoms with van der Waals surface area (Å²) in [6.07, 6.45) is 0.987. The van der Waals surface area contributed by atoms with E-state index in [1.807, 2.05) is 0 Å². The fourth-order valence-corrected chi connectivity index (χ4v) is 3.74. The Kier molecular flexibility index (Phi) is 10.9. The molecule has 2 N–H and O–H groups in total. The predicted molar refractivity (Wildman–Crippen MR) is 117 cm³/mol. The summed E-state index contributed by atoms with van der Waals surface area (Å²) in [7, 11) is 0. The molecule has 8 heteroatoms. The zero-order chi connectivity index (χ0) is 17.4. The minimum atomic E-state index is 0. The fourth-order valence-electron chi connectivity index (χ4n) is 2.80. The molecule has 1 aromatic rings. The van der Waals surface area contributed by atoms with Crippen molar-refractivity contribution >= 4 is 41.3 Å². The number of aromatic nitrogens is 1. The number of morpholine rings is 1. The molecule has 144 valence electrons. The molecule has 6 nitrogen and oxygen atoms in total. The first-order valence-corrected chi connectivity index (χ1v) is 9.68. The van der Waals surface area contributed by atoms with Gasteiger partial charge in [0.2, 0.25) is 0 Å². The summed E-state index contributed by atoms with van der Waals surface area (Å²) < 4.78 is 5.41. The molecule has 0 amide bonds. The number of halogens is 1. The Labute approximate surface area is 172 Å². The van der Waals surface area contributed by atoms with Crippen LogP contribution in [0.3, 0.4) is 0 Å². The first kappa shape index (κ1) is 22.6. The summed E-state index contributed by atoms with van der Waals surface area (Å²) in [5.41, 5.74) is 1.15. The molecule has 25 heavy (non-hydrogen) atoms. The molecule has 1 atom stereocenters. The van der Waals surface area contributed by atoms with Crippen LogP contribution in [0.5, 0.6) is 0 Å². The van der Waals surface area contributed by atoms with E-state index in [1.54, 1.807) is 11.3 Å². The van der Waals surface area contributed by atoms with E-state index in [-0.39, 0.29) is 24.0 Å². The highest BCUT2D eigenvalue weighted by molar-refractivity contribution is 14.0. The minimum absolute atomic E-state index is 0. The van der Waals surface area contributed by atoms with E-state index < -0.39 is 0 Å². The predicted octanol–water partition coefficient (Wildman–Crippen LogP) is 2.20. The lowest BCUT2D eigenvalue weighted by Crippen LogP contribution is -2.44. The van der Waals surface area contributed by atoms with Gasteiger partial charge in [0.05, 0.1) is 30.5 Å². The van der Waals surface area contributed by atoms with E-state index in [2.05, 4.69) is 48.2 Å². The van der Waals surface area contributed by atoms with Crippen molar-refractivity contribution in [3.63, 3.8) is 0 Å². The van der Waals surface area contributed by atoms with Gasteiger partial charge in [0.15, 0.2) is 5.96 Å². The maximum Gasteiger partial charge on any atom is 0.191 e. The number of aliphatic imine (C=N–C) groups is 1. The van der Waals surface area contributed by atoms with Crippen molar-refractivity contribution in [1.82, 2.24) is 20.5 Å². The third kappa shape index (κ3) is 7.76. The smallest absolute Gasteiger partial charge is 0.191 e. The number of thiazole rings is 1. The van der Waals surface area contributed by atoms with Gasteiger partial charge in [0, 0.05) is 43.5 Å². The number of rotatable bonds is 7. The van der Waals surface area contributed by atoms with E-state index in [1.165, 1.54) is 4.88 Å². The molecule has 1 unspecified atom stereocenters. The van der Waals surface area contributed by atoms with Crippen molar-refractivity contribution in [3.05, 3.63) is 15.6 Å². The molecule has 0 bridgehead atoms. The molecule has 0 saturated carbocycles. The van der Waals surface area contributed by atoms with Crippen molar-refractivity contribution in [2.75, 3.05) is 45.9 Å². The maximum absolute atomic E-state index is 5.41. The third-order valence-corrected chi connectivity index (χ3v) is 5.30. The zero-order valence-corrected chi connectivity index (χ0v) is 18.9. The highest BCUT2D eigenvalue weighted by Gasteiger charge is 2.16. The van der Waals surface area contributed by atoms with Gasteiger partial charge >= 0.3 is 0 Å². The van der Waals surface area contributed by atoms with Crippen LogP contribution in [-0.2, 0) is 11.2 Å². The Morgan fingerprint density at radius 1 is 1.32 bits per heavy atom. The van der Waals surface area contributed by atoms with Crippen LogP contribution >= 0.6 is 35.3 Å². The first-order chi connectivity index (χ1) is 11.6. The molecule has 1 aliphatic rings. The summed E-state index contributed by atoms with van der Waals surface area (Å²) in [5.74, 6) is 0.900. The lowest BCUT2D eigenvalue weighted by molar-refractivity contribution is 0.0220. The summed E-state index contributed by atoms with van der Waals surface area (Å²) in [5, 5.41) is 7.91. The number of ether oxygens (including phenoxy) is 1. The van der Waals surface area contributed by atoms with E-state index >= 15 is 0 Å². The molecule has 2 rings (SSSR count). The van der Waals surface area contributed by atoms with Gasteiger partial charge in [-0.25, -0.2) is 4.98 Å². The average molecular weight is 481 g/mol. The summed E-state index contributed by atoms with van der Waals surface area (Å²) in [6.45, 7) is 14.7. The molecular formula is C17H32IN5OS. The van der Waals surface area contributed by atoms with E-state index in [0.29, 0.717) is 6.04 Å². The molecular weight excluding hydrogens is 449 g/mol. The van der Waals surface area contributed by atoms with Gasteiger partial charge in [0.1, 0.15) is 0 Å². The highest BCUT2D eigenvalue weighted by Crippen LogP contribution is 2.17. The van der Waals surface area contributed by atoms with E-state index in [9.17, 15) is 0 Å². The Hall–Kier alpha value is -0.450. The van der Waals surface area contributed by atoms with Crippen LogP contribution < -0.4 is 10.6 Å². The van der Waals surface area contributed by atoms with Crippen molar-refractivity contribution in [2.45, 2.75) is 40.2 Å². The van der Waals surface area contributed by atoms with Crippen LogP contribution in [-0.4, -0.2) is 67.8 Å². The van der Waals surface area contributed by atoms with Gasteiger partial charge in [0.25, 0.3) is 0 Å². The summed E-state index contributed by atoms with van der Waals surface area (Å²) >= 11 is 1.79. The van der Waals surface area contributed by atoms with Gasteiger partial charge in [-0.05, 0) is 27.7 Å². The number of nitrogens with one attached hydrogen (secondary N) is 2. The Morgan fingerprint density at radius 2 is 2.04 bits per heavy atom. The number of hydrogen-bond acceptors (Lipinski definition) is 5. The lowest BCUT2D eigenvalue weighted by atomic mass is 10.2. The van der Waals surface area contributed by atoms with Gasteiger partial charge in [-0.2, -0.15) is 0 Å². The second-order valence-corrected chi connectivity index (χ2v) is 7.42. The van der Waals surface area contributed by atoms with Crippen LogP contribution in [0.2, 0.25) is 0 Å². The highest BCUT2D eigenvalue weighted by atomic mass is 127. The van der Waals surface area contributed by atoms with Crippen molar-refractivity contribution in [3.8, 4) is 0 Å². The zero-order valence-electron chi connectivity index (χ0n) is 15.8. The van der Waals surface area contributed by atoms with Crippen molar-refractivity contribution < 1.29 is 4.74 Å². The molecule has 1 fully saturated rings. The monoisotopic (exact) mass is 481 g/mol. The Balaban J connectivity index is 0.00000312. The molecule has 1 saturated heterocycles. The molecule has 0 aliphatic carbocycles. The van der Waals surface area contributed by atoms with Crippen molar-refractivity contribution in [2.24, 2.45) is 4.99 Å². The van der Waals surface area contributed by atoms with E-state index in [4.69, 9.17) is 9.73 Å². The molecule has 1 aromatic heterocycles. The normalized spacial score (nSPS) is 17.0. The van der Waals surface area contributed by atoms with E-state index in [0.717, 1.165) is 69.0 Å². The topological polar surface area (TPSA) is 61.8 Å². The molecule has 2 heterocycles. The van der Waals surface area contributed by atoms with Crippen molar-refractivity contribution in [1.29, 1.82) is 0 Å². The van der Waals surface area contributed by atoms with Crippen LogP contribution in [0.15, 0.2) is 4.99 Å². The van der Waals surface area contributed by atoms with Crippen LogP contribution in [0, 0.1) is 13.8 Å². The summed E-state index contributed by atoms with van der Waals surface area (Å²) in [4.78, 5) is 13.0. The molecule has 0 spiro atoms. The number of guanidine groups is 1. The molecule has 0 aromatic carbocycles. The second-order valence-electron chi connectivity index (χ2n) is 6.14. The number of hydrogen-bond donors (Lipinski definition) is 2. The van der Waals surface area contributed by atoms with Gasteiger partial charge < -0.3 is 15.4 Å². The maximum atomic E-state index is 5.41. The lowest BCUT2D eigenvalue weighted by Gasteiger charge is -2.31. The fraction of sp³-hybridized carbons (Fsp3) is 0.765. The standard InChI is InChI=1S/C17H31N5OS.HI/c1-5-18-17(19-7-6-16-14(3)21-15(4)24-16)20-12-13(2)22-8-10-23-11-9-22;/h13H,5-12H2,1-4H3,(H2,18,19,20);1H. The number of aryl methyl sites for hydroxylation is 2. The van der Waals surface area contributed by atoms with Gasteiger partial charge in [-0.15, -0.1) is 35.3 Å². The SMILES string of the molecule is CCNC(=NCC(C)N1CCOCC1)NCCc1sc(C)nc1C.I. The van der Waals surface area contributed by atoms with Crippen LogP contribution in [0.25, 0.3) is 0 Å². The van der Waals surface area contributed by atoms with Crippen LogP contribution in [0.1, 0.15) is 29.4 Å².